The van der Waals surface area contributed by atoms with Crippen molar-refractivity contribution in [3.05, 3.63) is 47.6 Å². The van der Waals surface area contributed by atoms with Crippen molar-refractivity contribution >= 4 is 12.4 Å². The van der Waals surface area contributed by atoms with Crippen LogP contribution >= 0.6 is 12.4 Å². The minimum absolute atomic E-state index is 0. The van der Waals surface area contributed by atoms with Crippen LogP contribution in [0.4, 0.5) is 0 Å². The molecule has 2 aromatic rings. The van der Waals surface area contributed by atoms with Crippen molar-refractivity contribution in [2.75, 3.05) is 0 Å². The van der Waals surface area contributed by atoms with Crippen LogP contribution in [0.25, 0.3) is 0 Å². The first-order chi connectivity index (χ1) is 7.25. The van der Waals surface area contributed by atoms with E-state index in [1.807, 2.05) is 30.3 Å². The van der Waals surface area contributed by atoms with Gasteiger partial charge in [-0.3, -0.25) is 0 Å². The Labute approximate surface area is 100 Å². The molecule has 86 valence electrons. The lowest BCUT2D eigenvalue weighted by Gasteiger charge is -2.08. The quantitative estimate of drug-likeness (QED) is 0.890. The average molecular weight is 240 g/mol. The van der Waals surface area contributed by atoms with Gasteiger partial charge in [-0.2, -0.15) is 4.98 Å². The zero-order chi connectivity index (χ0) is 10.7. The Morgan fingerprint density at radius 2 is 2.00 bits per heavy atom. The van der Waals surface area contributed by atoms with Gasteiger partial charge in [0, 0.05) is 12.5 Å². The van der Waals surface area contributed by atoms with Crippen LogP contribution in [0.2, 0.25) is 0 Å². The Kier molecular flexibility index (Phi) is 4.46. The summed E-state index contributed by atoms with van der Waals surface area (Å²) < 4.78 is 5.02. The summed E-state index contributed by atoms with van der Waals surface area (Å²) in [6.07, 6.45) is 0.574. The lowest BCUT2D eigenvalue weighted by Crippen LogP contribution is -2.13. The summed E-state index contributed by atoms with van der Waals surface area (Å²) in [5.74, 6) is 1.23. The molecule has 0 radical (unpaired) electrons. The van der Waals surface area contributed by atoms with Gasteiger partial charge in [0.05, 0.1) is 0 Å². The van der Waals surface area contributed by atoms with E-state index < -0.39 is 0 Å². The van der Waals surface area contributed by atoms with Crippen LogP contribution < -0.4 is 5.73 Å². The van der Waals surface area contributed by atoms with Gasteiger partial charge in [-0.05, 0) is 12.5 Å². The molecule has 0 saturated carbocycles. The molecule has 2 N–H and O–H groups in total. The molecule has 0 aliphatic heterocycles. The molecule has 0 spiro atoms. The Hall–Kier alpha value is -1.39. The number of nitrogens with zero attached hydrogens (tertiary/aromatic N) is 2. The second-order valence-electron chi connectivity index (χ2n) is 3.46. The van der Waals surface area contributed by atoms with Crippen LogP contribution in [0.3, 0.4) is 0 Å². The monoisotopic (exact) mass is 239 g/mol. The van der Waals surface area contributed by atoms with E-state index in [2.05, 4.69) is 10.1 Å². The molecular formula is C11H14ClN3O. The molecule has 0 saturated heterocycles. The standard InChI is InChI=1S/C11H13N3O.ClH/c1-8-13-11(15-14-8)7-10(12)9-5-3-2-4-6-9;/h2-6,10H,7,12H2,1H3;1H. The fourth-order valence-corrected chi connectivity index (χ4v) is 1.43. The Morgan fingerprint density at radius 1 is 1.31 bits per heavy atom. The van der Waals surface area contributed by atoms with Crippen molar-refractivity contribution in [3.8, 4) is 0 Å². The average Bonchev–Trinajstić information content (AvgIpc) is 2.65. The van der Waals surface area contributed by atoms with Crippen molar-refractivity contribution in [2.24, 2.45) is 5.73 Å². The van der Waals surface area contributed by atoms with E-state index in [9.17, 15) is 0 Å². The third kappa shape index (κ3) is 3.05. The minimum Gasteiger partial charge on any atom is -0.339 e. The van der Waals surface area contributed by atoms with E-state index in [0.29, 0.717) is 18.1 Å². The van der Waals surface area contributed by atoms with Gasteiger partial charge in [0.1, 0.15) is 0 Å². The highest BCUT2D eigenvalue weighted by molar-refractivity contribution is 5.85. The number of halogens is 1. The normalized spacial score (nSPS) is 11.9. The number of hydrogen-bond donors (Lipinski definition) is 1. The second kappa shape index (κ2) is 5.63. The first-order valence-corrected chi connectivity index (χ1v) is 4.85. The van der Waals surface area contributed by atoms with Crippen LogP contribution in [0, 0.1) is 6.92 Å². The number of rotatable bonds is 3. The van der Waals surface area contributed by atoms with Crippen molar-refractivity contribution in [1.29, 1.82) is 0 Å². The van der Waals surface area contributed by atoms with Gasteiger partial charge >= 0.3 is 0 Å². The lowest BCUT2D eigenvalue weighted by atomic mass is 10.1. The summed E-state index contributed by atoms with van der Waals surface area (Å²) >= 11 is 0. The molecule has 0 fully saturated rings. The molecule has 4 nitrogen and oxygen atoms in total. The van der Waals surface area contributed by atoms with E-state index in [1.54, 1.807) is 6.92 Å². The van der Waals surface area contributed by atoms with E-state index in [1.165, 1.54) is 0 Å². The predicted octanol–water partition coefficient (Wildman–Crippen LogP) is 2.04. The maximum Gasteiger partial charge on any atom is 0.228 e. The fourth-order valence-electron chi connectivity index (χ4n) is 1.43. The Bertz CT molecular complexity index is 430. The van der Waals surface area contributed by atoms with Gasteiger partial charge < -0.3 is 10.3 Å². The highest BCUT2D eigenvalue weighted by Crippen LogP contribution is 2.14. The van der Waals surface area contributed by atoms with Gasteiger partial charge in [-0.15, -0.1) is 12.4 Å². The molecule has 2 rings (SSSR count). The van der Waals surface area contributed by atoms with Crippen LogP contribution in [-0.2, 0) is 6.42 Å². The van der Waals surface area contributed by atoms with Crippen LogP contribution in [0.1, 0.15) is 23.3 Å². The maximum atomic E-state index is 6.01. The van der Waals surface area contributed by atoms with Gasteiger partial charge in [0.15, 0.2) is 5.82 Å². The number of benzene rings is 1. The maximum absolute atomic E-state index is 6.01. The lowest BCUT2D eigenvalue weighted by molar-refractivity contribution is 0.366. The summed E-state index contributed by atoms with van der Waals surface area (Å²) in [7, 11) is 0. The zero-order valence-electron chi connectivity index (χ0n) is 8.96. The van der Waals surface area contributed by atoms with Crippen LogP contribution in [-0.4, -0.2) is 10.1 Å². The topological polar surface area (TPSA) is 64.9 Å². The molecule has 1 heterocycles. The third-order valence-electron chi connectivity index (χ3n) is 2.19. The Morgan fingerprint density at radius 3 is 2.56 bits per heavy atom. The van der Waals surface area contributed by atoms with E-state index in [-0.39, 0.29) is 18.4 Å². The first kappa shape index (κ1) is 12.7. The van der Waals surface area contributed by atoms with Gasteiger partial charge in [-0.1, -0.05) is 35.5 Å². The van der Waals surface area contributed by atoms with E-state index in [0.717, 1.165) is 5.56 Å². The smallest absolute Gasteiger partial charge is 0.228 e. The summed E-state index contributed by atoms with van der Waals surface area (Å²) in [5.41, 5.74) is 7.09. The summed E-state index contributed by atoms with van der Waals surface area (Å²) in [4.78, 5) is 4.12. The first-order valence-electron chi connectivity index (χ1n) is 4.85. The second-order valence-corrected chi connectivity index (χ2v) is 3.46. The SMILES string of the molecule is Cc1noc(CC(N)c2ccccc2)n1.Cl. The van der Waals surface area contributed by atoms with Crippen molar-refractivity contribution in [3.63, 3.8) is 0 Å². The van der Waals surface area contributed by atoms with Gasteiger partial charge in [0.2, 0.25) is 5.89 Å². The molecule has 5 heteroatoms. The number of nitrogens with two attached hydrogens (primary N) is 1. The van der Waals surface area contributed by atoms with Gasteiger partial charge in [0.25, 0.3) is 0 Å². The molecule has 0 aliphatic carbocycles. The molecule has 16 heavy (non-hydrogen) atoms. The fraction of sp³-hybridized carbons (Fsp3) is 0.273. The predicted molar refractivity (Wildman–Crippen MR) is 63.4 cm³/mol. The number of hydrogen-bond acceptors (Lipinski definition) is 4. The molecule has 1 unspecified atom stereocenters. The van der Waals surface area contributed by atoms with Crippen molar-refractivity contribution in [2.45, 2.75) is 19.4 Å². The number of aromatic nitrogens is 2. The molecule has 0 amide bonds. The van der Waals surface area contributed by atoms with E-state index >= 15 is 0 Å². The molecule has 1 aromatic carbocycles. The molecule has 0 bridgehead atoms. The molecule has 1 aromatic heterocycles. The summed E-state index contributed by atoms with van der Waals surface area (Å²) in [6.45, 7) is 1.79. The minimum atomic E-state index is -0.0916. The summed E-state index contributed by atoms with van der Waals surface area (Å²) in [6, 6.07) is 9.79. The van der Waals surface area contributed by atoms with Crippen molar-refractivity contribution < 1.29 is 4.52 Å². The highest BCUT2D eigenvalue weighted by Gasteiger charge is 2.10. The Balaban J connectivity index is 0.00000128. The molecular weight excluding hydrogens is 226 g/mol. The highest BCUT2D eigenvalue weighted by atomic mass is 35.5. The zero-order valence-corrected chi connectivity index (χ0v) is 9.78. The van der Waals surface area contributed by atoms with Crippen molar-refractivity contribution in [1.82, 2.24) is 10.1 Å². The molecule has 1 atom stereocenters. The molecule has 0 aliphatic rings. The van der Waals surface area contributed by atoms with E-state index in [4.69, 9.17) is 10.3 Å². The van der Waals surface area contributed by atoms with Crippen LogP contribution in [0.15, 0.2) is 34.9 Å². The summed E-state index contributed by atoms with van der Waals surface area (Å²) in [5, 5.41) is 3.72. The third-order valence-corrected chi connectivity index (χ3v) is 2.19. The van der Waals surface area contributed by atoms with Crippen LogP contribution in [0.5, 0.6) is 0 Å². The van der Waals surface area contributed by atoms with Gasteiger partial charge in [-0.25, -0.2) is 0 Å². The number of aryl methyl sites for hydroxylation is 1. The largest absolute Gasteiger partial charge is 0.339 e.